The van der Waals surface area contributed by atoms with Crippen molar-refractivity contribution in [3.8, 4) is 5.75 Å². The van der Waals surface area contributed by atoms with E-state index in [2.05, 4.69) is 0 Å². The topological polar surface area (TPSA) is 104 Å². The van der Waals surface area contributed by atoms with Gasteiger partial charge in [-0.25, -0.2) is 0 Å². The number of carbonyl (C=O) groups is 3. The summed E-state index contributed by atoms with van der Waals surface area (Å²) in [5.74, 6) is -4.36. The summed E-state index contributed by atoms with van der Waals surface area (Å²) in [6.45, 7) is -1.83. The van der Waals surface area contributed by atoms with E-state index in [1.165, 1.54) is 18.2 Å². The van der Waals surface area contributed by atoms with Crippen LogP contribution >= 0.6 is 0 Å². The van der Waals surface area contributed by atoms with Crippen LogP contribution in [0.1, 0.15) is 15.9 Å². The zero-order valence-electron chi connectivity index (χ0n) is 13.9. The molecule has 0 bridgehead atoms. The second kappa shape index (κ2) is 7.52. The molecule has 0 spiro atoms. The second-order valence-corrected chi connectivity index (χ2v) is 5.49. The Bertz CT molecular complexity index is 893. The third kappa shape index (κ3) is 4.27. The highest BCUT2D eigenvalue weighted by molar-refractivity contribution is 6.09. The summed E-state index contributed by atoms with van der Waals surface area (Å²) in [5, 5.41) is 17.3. The molecule has 0 aliphatic heterocycles. The standard InChI is InChI=1S/C17H14F3NO6/c1-27-12-6-5-9-10(15(12)17(18,19)20)3-2-4-11(9)16(26)21(7-13(22)23)8-14(24)25/h2-6H,7-8H2,1H3,(H,22,23)(H,24,25). The number of aliphatic carboxylic acids is 2. The summed E-state index contributed by atoms with van der Waals surface area (Å²) in [4.78, 5) is 35.0. The summed E-state index contributed by atoms with van der Waals surface area (Å²) in [7, 11) is 1.08. The summed E-state index contributed by atoms with van der Waals surface area (Å²) in [5.41, 5.74) is -1.33. The molecule has 10 heteroatoms. The van der Waals surface area contributed by atoms with Crippen LogP contribution in [0.4, 0.5) is 13.2 Å². The van der Waals surface area contributed by atoms with Gasteiger partial charge in [-0.3, -0.25) is 14.4 Å². The first-order valence-corrected chi connectivity index (χ1v) is 7.46. The van der Waals surface area contributed by atoms with Crippen LogP contribution in [-0.4, -0.2) is 53.2 Å². The molecular formula is C17H14F3NO6. The fourth-order valence-electron chi connectivity index (χ4n) is 2.68. The van der Waals surface area contributed by atoms with Crippen LogP contribution in [0.15, 0.2) is 30.3 Å². The molecule has 0 aliphatic carbocycles. The van der Waals surface area contributed by atoms with E-state index in [9.17, 15) is 27.6 Å². The maximum absolute atomic E-state index is 13.5. The highest BCUT2D eigenvalue weighted by Gasteiger charge is 2.37. The number of alkyl halides is 3. The lowest BCUT2D eigenvalue weighted by atomic mass is 9.98. The van der Waals surface area contributed by atoms with E-state index in [1.54, 1.807) is 0 Å². The normalized spacial score (nSPS) is 11.3. The Morgan fingerprint density at radius 3 is 2.07 bits per heavy atom. The third-order valence-electron chi connectivity index (χ3n) is 3.70. The largest absolute Gasteiger partial charge is 0.496 e. The number of halogens is 3. The van der Waals surface area contributed by atoms with Gasteiger partial charge in [-0.05, 0) is 29.0 Å². The molecule has 144 valence electrons. The maximum Gasteiger partial charge on any atom is 0.420 e. The number of rotatable bonds is 6. The van der Waals surface area contributed by atoms with Crippen molar-refractivity contribution in [3.63, 3.8) is 0 Å². The van der Waals surface area contributed by atoms with Crippen molar-refractivity contribution in [1.29, 1.82) is 0 Å². The monoisotopic (exact) mass is 385 g/mol. The van der Waals surface area contributed by atoms with Gasteiger partial charge in [-0.15, -0.1) is 0 Å². The van der Waals surface area contributed by atoms with E-state index < -0.39 is 48.4 Å². The molecule has 7 nitrogen and oxygen atoms in total. The van der Waals surface area contributed by atoms with Gasteiger partial charge in [0.05, 0.1) is 7.11 Å². The maximum atomic E-state index is 13.5. The van der Waals surface area contributed by atoms with E-state index in [0.717, 1.165) is 19.2 Å². The Morgan fingerprint density at radius 2 is 1.59 bits per heavy atom. The highest BCUT2D eigenvalue weighted by atomic mass is 19.4. The van der Waals surface area contributed by atoms with Crippen LogP contribution in [-0.2, 0) is 15.8 Å². The predicted molar refractivity (Wildman–Crippen MR) is 86.7 cm³/mol. The lowest BCUT2D eigenvalue weighted by molar-refractivity contribution is -0.141. The van der Waals surface area contributed by atoms with Crippen LogP contribution in [0.3, 0.4) is 0 Å². The van der Waals surface area contributed by atoms with Crippen molar-refractivity contribution in [3.05, 3.63) is 41.5 Å². The molecule has 0 heterocycles. The van der Waals surface area contributed by atoms with Crippen molar-refractivity contribution in [2.75, 3.05) is 20.2 Å². The van der Waals surface area contributed by atoms with Gasteiger partial charge in [0, 0.05) is 5.56 Å². The van der Waals surface area contributed by atoms with Gasteiger partial charge < -0.3 is 19.8 Å². The van der Waals surface area contributed by atoms with Crippen molar-refractivity contribution >= 4 is 28.6 Å². The number of hydrogen-bond donors (Lipinski definition) is 2. The van der Waals surface area contributed by atoms with Crippen molar-refractivity contribution < 1.29 is 42.5 Å². The van der Waals surface area contributed by atoms with Gasteiger partial charge >= 0.3 is 18.1 Å². The fraction of sp³-hybridized carbons (Fsp3) is 0.235. The summed E-state index contributed by atoms with van der Waals surface area (Å²) < 4.78 is 45.2. The molecule has 2 rings (SSSR count). The predicted octanol–water partition coefficient (Wildman–Crippen LogP) is 2.48. The first-order chi connectivity index (χ1) is 12.6. The SMILES string of the molecule is COc1ccc2c(C(=O)N(CC(=O)O)CC(=O)O)cccc2c1C(F)(F)F. The smallest absolute Gasteiger partial charge is 0.420 e. The number of nitrogens with zero attached hydrogens (tertiary/aromatic N) is 1. The number of hydrogen-bond acceptors (Lipinski definition) is 4. The first kappa shape index (κ1) is 20.0. The Hall–Kier alpha value is -3.30. The summed E-state index contributed by atoms with van der Waals surface area (Å²) in [6.07, 6.45) is -4.77. The van der Waals surface area contributed by atoms with Gasteiger partial charge in [-0.1, -0.05) is 12.1 Å². The molecular weight excluding hydrogens is 371 g/mol. The molecule has 0 aliphatic rings. The quantitative estimate of drug-likeness (QED) is 0.792. The van der Waals surface area contributed by atoms with Gasteiger partial charge in [0.15, 0.2) is 0 Å². The lowest BCUT2D eigenvalue weighted by Crippen LogP contribution is -2.39. The third-order valence-corrected chi connectivity index (χ3v) is 3.70. The minimum atomic E-state index is -4.77. The minimum Gasteiger partial charge on any atom is -0.496 e. The van der Waals surface area contributed by atoms with Crippen molar-refractivity contribution in [1.82, 2.24) is 4.90 Å². The number of amides is 1. The highest BCUT2D eigenvalue weighted by Crippen LogP contribution is 2.41. The molecule has 2 aromatic carbocycles. The number of carbonyl (C=O) groups excluding carboxylic acids is 1. The van der Waals surface area contributed by atoms with E-state index in [-0.39, 0.29) is 16.3 Å². The lowest BCUT2D eigenvalue weighted by Gasteiger charge is -2.21. The zero-order valence-corrected chi connectivity index (χ0v) is 13.9. The van der Waals surface area contributed by atoms with Gasteiger partial charge in [0.25, 0.3) is 5.91 Å². The van der Waals surface area contributed by atoms with Crippen LogP contribution in [0.2, 0.25) is 0 Å². The van der Waals surface area contributed by atoms with E-state index >= 15 is 0 Å². The van der Waals surface area contributed by atoms with Gasteiger partial charge in [0.2, 0.25) is 0 Å². The molecule has 0 fully saturated rings. The first-order valence-electron chi connectivity index (χ1n) is 7.46. The average molecular weight is 385 g/mol. The van der Waals surface area contributed by atoms with E-state index in [4.69, 9.17) is 14.9 Å². The van der Waals surface area contributed by atoms with Crippen LogP contribution in [0.5, 0.6) is 5.75 Å². The number of benzene rings is 2. The van der Waals surface area contributed by atoms with Crippen molar-refractivity contribution in [2.45, 2.75) is 6.18 Å². The Labute approximate surface area is 150 Å². The van der Waals surface area contributed by atoms with Crippen LogP contribution in [0.25, 0.3) is 10.8 Å². The summed E-state index contributed by atoms with van der Waals surface area (Å²) in [6, 6.07) is 5.82. The van der Waals surface area contributed by atoms with Crippen molar-refractivity contribution in [2.24, 2.45) is 0 Å². The molecule has 2 N–H and O–H groups in total. The number of fused-ring (bicyclic) bond motifs is 1. The number of ether oxygens (including phenoxy) is 1. The number of carboxylic acids is 2. The van der Waals surface area contributed by atoms with E-state index in [0.29, 0.717) is 4.90 Å². The van der Waals surface area contributed by atoms with Crippen LogP contribution in [0, 0.1) is 0 Å². The van der Waals surface area contributed by atoms with Crippen LogP contribution < -0.4 is 4.74 Å². The van der Waals surface area contributed by atoms with E-state index in [1.807, 2.05) is 0 Å². The second-order valence-electron chi connectivity index (χ2n) is 5.49. The molecule has 0 aromatic heterocycles. The molecule has 27 heavy (non-hydrogen) atoms. The molecule has 0 saturated carbocycles. The summed E-state index contributed by atoms with van der Waals surface area (Å²) >= 11 is 0. The Balaban J connectivity index is 2.67. The molecule has 0 radical (unpaired) electrons. The fourth-order valence-corrected chi connectivity index (χ4v) is 2.68. The number of carboxylic acid groups (broad SMARTS) is 2. The molecule has 1 amide bonds. The molecule has 0 unspecified atom stereocenters. The number of methoxy groups -OCH3 is 1. The molecule has 0 atom stereocenters. The minimum absolute atomic E-state index is 0.101. The average Bonchev–Trinajstić information content (AvgIpc) is 2.57. The Kier molecular flexibility index (Phi) is 5.58. The molecule has 2 aromatic rings. The Morgan fingerprint density at radius 1 is 1.00 bits per heavy atom. The van der Waals surface area contributed by atoms with Gasteiger partial charge in [0.1, 0.15) is 24.4 Å². The van der Waals surface area contributed by atoms with Gasteiger partial charge in [-0.2, -0.15) is 13.2 Å². The molecule has 0 saturated heterocycles. The zero-order chi connectivity index (χ0) is 20.4.